The van der Waals surface area contributed by atoms with Crippen molar-refractivity contribution in [2.75, 3.05) is 18.0 Å². The number of aliphatic hydroxyl groups excluding tert-OH is 1. The average Bonchev–Trinajstić information content (AvgIpc) is 2.94. The summed E-state index contributed by atoms with van der Waals surface area (Å²) in [7, 11) is 0. The Hall–Kier alpha value is -2.00. The molecule has 0 saturated carbocycles. The zero-order valence-electron chi connectivity index (χ0n) is 13.8. The van der Waals surface area contributed by atoms with Gasteiger partial charge < -0.3 is 14.6 Å². The minimum absolute atomic E-state index is 0.0978. The predicted molar refractivity (Wildman–Crippen MR) is 97.1 cm³/mol. The Kier molecular flexibility index (Phi) is 3.74. The minimum Gasteiger partial charge on any atom is -0.392 e. The summed E-state index contributed by atoms with van der Waals surface area (Å²) in [6, 6.07) is 13.2. The maximum Gasteiger partial charge on any atom is 0.0682 e. The average molecular weight is 308 g/mol. The molecule has 3 heteroatoms. The summed E-state index contributed by atoms with van der Waals surface area (Å²) in [6.45, 7) is 5.58. The molecule has 1 aliphatic heterocycles. The smallest absolute Gasteiger partial charge is 0.0682 e. The van der Waals surface area contributed by atoms with Crippen molar-refractivity contribution in [2.24, 2.45) is 0 Å². The number of piperidine rings is 1. The number of aliphatic hydroxyl groups is 1. The number of benzene rings is 2. The Morgan fingerprint density at radius 1 is 0.913 bits per heavy atom. The lowest BCUT2D eigenvalue weighted by atomic mass is 10.1. The first-order chi connectivity index (χ1) is 11.3. The Bertz CT molecular complexity index is 844. The summed E-state index contributed by atoms with van der Waals surface area (Å²) in [5, 5.41) is 12.0. The molecule has 1 saturated heterocycles. The van der Waals surface area contributed by atoms with Gasteiger partial charge in [-0.1, -0.05) is 6.07 Å². The topological polar surface area (TPSA) is 28.4 Å². The van der Waals surface area contributed by atoms with Gasteiger partial charge >= 0.3 is 0 Å². The SMILES string of the molecule is CCn1c2ccc(CO)cc2c2cc(N3CCCCC3)ccc21. The lowest BCUT2D eigenvalue weighted by Gasteiger charge is -2.28. The van der Waals surface area contributed by atoms with E-state index in [1.165, 1.54) is 59.8 Å². The van der Waals surface area contributed by atoms with E-state index in [1.807, 2.05) is 6.07 Å². The van der Waals surface area contributed by atoms with E-state index >= 15 is 0 Å². The summed E-state index contributed by atoms with van der Waals surface area (Å²) >= 11 is 0. The molecule has 0 bridgehead atoms. The number of aromatic nitrogens is 1. The van der Waals surface area contributed by atoms with Crippen LogP contribution in [-0.2, 0) is 13.2 Å². The molecule has 1 fully saturated rings. The van der Waals surface area contributed by atoms with Crippen molar-refractivity contribution >= 4 is 27.5 Å². The molecule has 3 aromatic rings. The van der Waals surface area contributed by atoms with E-state index in [0.717, 1.165) is 12.1 Å². The third-order valence-electron chi connectivity index (χ3n) is 5.13. The first kappa shape index (κ1) is 14.6. The highest BCUT2D eigenvalue weighted by Crippen LogP contribution is 2.33. The Balaban J connectivity index is 1.93. The molecule has 2 heterocycles. The molecule has 0 aliphatic carbocycles. The van der Waals surface area contributed by atoms with Gasteiger partial charge in [0.2, 0.25) is 0 Å². The van der Waals surface area contributed by atoms with Crippen LogP contribution in [0.5, 0.6) is 0 Å². The Labute approximate surface area is 137 Å². The zero-order valence-corrected chi connectivity index (χ0v) is 13.8. The van der Waals surface area contributed by atoms with Gasteiger partial charge in [-0.2, -0.15) is 0 Å². The highest BCUT2D eigenvalue weighted by Gasteiger charge is 2.15. The molecule has 0 unspecified atom stereocenters. The van der Waals surface area contributed by atoms with Crippen LogP contribution in [0.1, 0.15) is 31.7 Å². The summed E-state index contributed by atoms with van der Waals surface area (Å²) in [5.74, 6) is 0. The number of hydrogen-bond acceptors (Lipinski definition) is 2. The second-order valence-electron chi connectivity index (χ2n) is 6.50. The number of fused-ring (bicyclic) bond motifs is 3. The van der Waals surface area contributed by atoms with Gasteiger partial charge in [0.1, 0.15) is 0 Å². The van der Waals surface area contributed by atoms with Crippen molar-refractivity contribution in [3.05, 3.63) is 42.0 Å². The molecule has 1 aromatic heterocycles. The molecule has 1 aliphatic rings. The van der Waals surface area contributed by atoms with Gasteiger partial charge in [-0.25, -0.2) is 0 Å². The fourth-order valence-corrected chi connectivity index (χ4v) is 3.93. The van der Waals surface area contributed by atoms with Crippen molar-refractivity contribution < 1.29 is 5.11 Å². The van der Waals surface area contributed by atoms with E-state index in [2.05, 4.69) is 46.7 Å². The van der Waals surface area contributed by atoms with Gasteiger partial charge in [0.15, 0.2) is 0 Å². The second kappa shape index (κ2) is 5.89. The largest absolute Gasteiger partial charge is 0.392 e. The molecule has 4 rings (SSSR count). The number of anilines is 1. The lowest BCUT2D eigenvalue weighted by Crippen LogP contribution is -2.29. The summed E-state index contributed by atoms with van der Waals surface area (Å²) < 4.78 is 2.37. The number of hydrogen-bond donors (Lipinski definition) is 1. The van der Waals surface area contributed by atoms with Crippen LogP contribution in [0.25, 0.3) is 21.8 Å². The van der Waals surface area contributed by atoms with Crippen LogP contribution in [-0.4, -0.2) is 22.8 Å². The van der Waals surface area contributed by atoms with E-state index in [1.54, 1.807) is 0 Å². The molecule has 2 aromatic carbocycles. The maximum atomic E-state index is 9.48. The van der Waals surface area contributed by atoms with Crippen molar-refractivity contribution in [3.8, 4) is 0 Å². The van der Waals surface area contributed by atoms with E-state index in [-0.39, 0.29) is 6.61 Å². The van der Waals surface area contributed by atoms with Crippen LogP contribution >= 0.6 is 0 Å². The summed E-state index contributed by atoms with van der Waals surface area (Å²) in [5.41, 5.74) is 4.87. The minimum atomic E-state index is 0.0978. The number of rotatable bonds is 3. The molecule has 23 heavy (non-hydrogen) atoms. The molecule has 3 nitrogen and oxygen atoms in total. The lowest BCUT2D eigenvalue weighted by molar-refractivity contribution is 0.282. The first-order valence-electron chi connectivity index (χ1n) is 8.72. The third kappa shape index (κ3) is 2.40. The van der Waals surface area contributed by atoms with Crippen molar-refractivity contribution in [2.45, 2.75) is 39.3 Å². The predicted octanol–water partition coefficient (Wildman–Crippen LogP) is 4.30. The molecule has 1 N–H and O–H groups in total. The normalized spacial score (nSPS) is 15.7. The maximum absolute atomic E-state index is 9.48. The van der Waals surface area contributed by atoms with E-state index in [9.17, 15) is 5.11 Å². The molecular weight excluding hydrogens is 284 g/mol. The molecule has 0 atom stereocenters. The zero-order chi connectivity index (χ0) is 15.8. The van der Waals surface area contributed by atoms with E-state index < -0.39 is 0 Å². The number of aryl methyl sites for hydroxylation is 1. The molecule has 0 spiro atoms. The fourth-order valence-electron chi connectivity index (χ4n) is 3.93. The quantitative estimate of drug-likeness (QED) is 0.781. The van der Waals surface area contributed by atoms with Gasteiger partial charge in [0.05, 0.1) is 6.61 Å². The monoisotopic (exact) mass is 308 g/mol. The van der Waals surface area contributed by atoms with Crippen LogP contribution in [0.3, 0.4) is 0 Å². The second-order valence-corrected chi connectivity index (χ2v) is 6.50. The van der Waals surface area contributed by atoms with E-state index in [0.29, 0.717) is 0 Å². The Morgan fingerprint density at radius 2 is 1.61 bits per heavy atom. The summed E-state index contributed by atoms with van der Waals surface area (Å²) in [6.07, 6.45) is 3.95. The number of nitrogens with zero attached hydrogens (tertiary/aromatic N) is 2. The van der Waals surface area contributed by atoms with Gasteiger partial charge in [-0.3, -0.25) is 0 Å². The summed E-state index contributed by atoms with van der Waals surface area (Å²) in [4.78, 5) is 2.51. The highest BCUT2D eigenvalue weighted by atomic mass is 16.3. The first-order valence-corrected chi connectivity index (χ1v) is 8.72. The molecule has 0 amide bonds. The van der Waals surface area contributed by atoms with Crippen molar-refractivity contribution in [3.63, 3.8) is 0 Å². The van der Waals surface area contributed by atoms with Crippen molar-refractivity contribution in [1.82, 2.24) is 4.57 Å². The molecule has 0 radical (unpaired) electrons. The Morgan fingerprint density at radius 3 is 2.30 bits per heavy atom. The van der Waals surface area contributed by atoms with E-state index in [4.69, 9.17) is 0 Å². The third-order valence-corrected chi connectivity index (χ3v) is 5.13. The van der Waals surface area contributed by atoms with Gasteiger partial charge in [-0.05, 0) is 62.1 Å². The van der Waals surface area contributed by atoms with Gasteiger partial charge in [-0.15, -0.1) is 0 Å². The van der Waals surface area contributed by atoms with Crippen LogP contribution in [0.2, 0.25) is 0 Å². The molecule has 120 valence electrons. The van der Waals surface area contributed by atoms with Crippen molar-refractivity contribution in [1.29, 1.82) is 0 Å². The molecular formula is C20H24N2O. The van der Waals surface area contributed by atoms with Gasteiger partial charge in [0.25, 0.3) is 0 Å². The van der Waals surface area contributed by atoms with Crippen LogP contribution < -0.4 is 4.90 Å². The highest BCUT2D eigenvalue weighted by molar-refractivity contribution is 6.09. The van der Waals surface area contributed by atoms with Crippen LogP contribution in [0.4, 0.5) is 5.69 Å². The van der Waals surface area contributed by atoms with Crippen LogP contribution in [0.15, 0.2) is 36.4 Å². The standard InChI is InChI=1S/C20H24N2O/c1-2-22-19-8-6-15(14-23)12-17(19)18-13-16(7-9-20(18)22)21-10-4-3-5-11-21/h6-9,12-13,23H,2-5,10-11,14H2,1H3. The van der Waals surface area contributed by atoms with Gasteiger partial charge in [0, 0.05) is 47.1 Å². The fraction of sp³-hybridized carbons (Fsp3) is 0.400. The van der Waals surface area contributed by atoms with Crippen LogP contribution in [0, 0.1) is 0 Å².